The first-order valence-electron chi connectivity index (χ1n) is 7.35. The monoisotopic (exact) mass is 335 g/mol. The zero-order chi connectivity index (χ0) is 16.6. The van der Waals surface area contributed by atoms with Gasteiger partial charge in [0.05, 0.1) is 30.7 Å². The van der Waals surface area contributed by atoms with Gasteiger partial charge in [-0.3, -0.25) is 14.3 Å². The molecule has 0 aromatic carbocycles. The van der Waals surface area contributed by atoms with Gasteiger partial charge in [0.1, 0.15) is 5.65 Å². The van der Waals surface area contributed by atoms with Crippen LogP contribution < -0.4 is 5.56 Å². The highest BCUT2D eigenvalue weighted by molar-refractivity contribution is 7.71. The van der Waals surface area contributed by atoms with Crippen LogP contribution in [0.4, 0.5) is 0 Å². The minimum Gasteiger partial charge on any atom is -0.465 e. The number of methoxy groups -OCH3 is 1. The Balaban J connectivity index is 2.27. The molecule has 1 atom stereocenters. The highest BCUT2D eigenvalue weighted by Crippen LogP contribution is 2.19. The Morgan fingerprint density at radius 1 is 1.61 bits per heavy atom. The van der Waals surface area contributed by atoms with E-state index >= 15 is 0 Å². The van der Waals surface area contributed by atoms with Crippen LogP contribution in [0.25, 0.3) is 11.0 Å². The molecule has 8 heteroatoms. The topological polar surface area (TPSA) is 86.2 Å². The fraction of sp³-hybridized carbons (Fsp3) is 0.467. The third-order valence-electron chi connectivity index (χ3n) is 3.89. The van der Waals surface area contributed by atoms with Gasteiger partial charge in [-0.1, -0.05) is 0 Å². The molecule has 1 saturated heterocycles. The smallest absolute Gasteiger partial charge is 0.338 e. The van der Waals surface area contributed by atoms with Crippen molar-refractivity contribution in [3.8, 4) is 0 Å². The summed E-state index contributed by atoms with van der Waals surface area (Å²) in [5.41, 5.74) is 0.738. The highest BCUT2D eigenvalue weighted by atomic mass is 32.1. The maximum atomic E-state index is 12.3. The molecule has 3 heterocycles. The van der Waals surface area contributed by atoms with E-state index in [4.69, 9.17) is 21.7 Å². The predicted molar refractivity (Wildman–Crippen MR) is 86.2 cm³/mol. The van der Waals surface area contributed by atoms with E-state index in [9.17, 15) is 9.59 Å². The van der Waals surface area contributed by atoms with Gasteiger partial charge in [0, 0.05) is 12.3 Å². The number of carbonyl (C=O) groups excluding carboxylic acids is 1. The first kappa shape index (κ1) is 15.8. The van der Waals surface area contributed by atoms with Crippen LogP contribution in [-0.4, -0.2) is 40.3 Å². The van der Waals surface area contributed by atoms with Crippen molar-refractivity contribution in [2.24, 2.45) is 0 Å². The number of nitrogens with zero attached hydrogens (tertiary/aromatic N) is 2. The number of fused-ring (bicyclic) bond motifs is 1. The molecule has 0 bridgehead atoms. The fourth-order valence-corrected chi connectivity index (χ4v) is 3.09. The zero-order valence-electron chi connectivity index (χ0n) is 12.9. The molecule has 122 valence electrons. The zero-order valence-corrected chi connectivity index (χ0v) is 13.7. The fourth-order valence-electron chi connectivity index (χ4n) is 2.83. The van der Waals surface area contributed by atoms with Gasteiger partial charge in [0.15, 0.2) is 4.77 Å². The SMILES string of the molecule is COC(=O)c1cc(C)nc2c1c(=O)[nH]c(=S)n2C[C@@H]1CCCO1. The summed E-state index contributed by atoms with van der Waals surface area (Å²) in [4.78, 5) is 31.4. The van der Waals surface area contributed by atoms with Gasteiger partial charge in [-0.25, -0.2) is 9.78 Å². The molecule has 1 N–H and O–H groups in total. The van der Waals surface area contributed by atoms with E-state index in [1.165, 1.54) is 7.11 Å². The molecule has 0 unspecified atom stereocenters. The summed E-state index contributed by atoms with van der Waals surface area (Å²) in [5.74, 6) is -0.577. The van der Waals surface area contributed by atoms with Crippen LogP contribution >= 0.6 is 12.2 Å². The van der Waals surface area contributed by atoms with Gasteiger partial charge in [0.25, 0.3) is 5.56 Å². The van der Waals surface area contributed by atoms with Gasteiger partial charge in [-0.15, -0.1) is 0 Å². The van der Waals surface area contributed by atoms with E-state index in [0.717, 1.165) is 19.4 Å². The number of aryl methyl sites for hydroxylation is 1. The number of esters is 1. The van der Waals surface area contributed by atoms with E-state index in [0.29, 0.717) is 17.9 Å². The normalized spacial score (nSPS) is 17.6. The molecule has 7 nitrogen and oxygen atoms in total. The van der Waals surface area contributed by atoms with Gasteiger partial charge < -0.3 is 9.47 Å². The molecule has 0 amide bonds. The third kappa shape index (κ3) is 2.91. The number of H-pyrrole nitrogens is 1. The Hall–Kier alpha value is -2.06. The second-order valence-corrected chi connectivity index (χ2v) is 5.89. The number of nitrogens with one attached hydrogen (secondary N) is 1. The number of pyridine rings is 1. The number of hydrogen-bond donors (Lipinski definition) is 1. The van der Waals surface area contributed by atoms with Crippen LogP contribution in [0, 0.1) is 11.7 Å². The van der Waals surface area contributed by atoms with Crippen molar-refractivity contribution in [2.45, 2.75) is 32.4 Å². The average Bonchev–Trinajstić information content (AvgIpc) is 3.02. The second kappa shape index (κ2) is 6.21. The first-order chi connectivity index (χ1) is 11.0. The van der Waals surface area contributed by atoms with Crippen molar-refractivity contribution in [3.63, 3.8) is 0 Å². The van der Waals surface area contributed by atoms with E-state index in [1.807, 2.05) is 0 Å². The van der Waals surface area contributed by atoms with Crippen molar-refractivity contribution in [2.75, 3.05) is 13.7 Å². The molecule has 3 rings (SSSR count). The lowest BCUT2D eigenvalue weighted by Gasteiger charge is -2.16. The summed E-state index contributed by atoms with van der Waals surface area (Å²) in [6.45, 7) is 2.97. The van der Waals surface area contributed by atoms with Crippen LogP contribution in [0.3, 0.4) is 0 Å². The van der Waals surface area contributed by atoms with Crippen LogP contribution in [0.5, 0.6) is 0 Å². The summed E-state index contributed by atoms with van der Waals surface area (Å²) < 4.78 is 12.4. The Morgan fingerprint density at radius 2 is 2.39 bits per heavy atom. The van der Waals surface area contributed by atoms with E-state index in [1.54, 1.807) is 17.6 Å². The summed E-state index contributed by atoms with van der Waals surface area (Å²) in [6, 6.07) is 1.54. The van der Waals surface area contributed by atoms with Crippen LogP contribution in [-0.2, 0) is 16.0 Å². The number of hydrogen-bond acceptors (Lipinski definition) is 6. The molecule has 0 radical (unpaired) electrons. The van der Waals surface area contributed by atoms with Crippen LogP contribution in [0.2, 0.25) is 0 Å². The highest BCUT2D eigenvalue weighted by Gasteiger charge is 2.21. The molecule has 1 aliphatic heterocycles. The Bertz CT molecular complexity index is 881. The summed E-state index contributed by atoms with van der Waals surface area (Å²) >= 11 is 5.28. The van der Waals surface area contributed by atoms with E-state index in [-0.39, 0.29) is 21.8 Å². The van der Waals surface area contributed by atoms with Crippen LogP contribution in [0.15, 0.2) is 10.9 Å². The maximum absolute atomic E-state index is 12.3. The van der Waals surface area contributed by atoms with Gasteiger partial charge >= 0.3 is 5.97 Å². The number of ether oxygens (including phenoxy) is 2. The lowest BCUT2D eigenvalue weighted by molar-refractivity contribution is 0.0602. The Kier molecular flexibility index (Phi) is 4.27. The molecule has 0 spiro atoms. The number of rotatable bonds is 3. The van der Waals surface area contributed by atoms with E-state index < -0.39 is 11.5 Å². The lowest BCUT2D eigenvalue weighted by atomic mass is 10.1. The molecular formula is C15H17N3O4S. The molecule has 1 aliphatic rings. The molecular weight excluding hydrogens is 318 g/mol. The Labute approximate surface area is 137 Å². The third-order valence-corrected chi connectivity index (χ3v) is 4.21. The molecule has 2 aromatic heterocycles. The summed E-state index contributed by atoms with van der Waals surface area (Å²) in [6.07, 6.45) is 1.96. The van der Waals surface area contributed by atoms with Crippen molar-refractivity contribution >= 4 is 29.2 Å². The Morgan fingerprint density at radius 3 is 3.04 bits per heavy atom. The summed E-state index contributed by atoms with van der Waals surface area (Å²) in [7, 11) is 1.28. The summed E-state index contributed by atoms with van der Waals surface area (Å²) in [5, 5.41) is 0.189. The predicted octanol–water partition coefficient (Wildman–Crippen LogP) is 1.73. The van der Waals surface area contributed by atoms with Crippen molar-refractivity contribution < 1.29 is 14.3 Å². The number of aromatic amines is 1. The molecule has 23 heavy (non-hydrogen) atoms. The van der Waals surface area contributed by atoms with Crippen molar-refractivity contribution in [1.29, 1.82) is 0 Å². The molecule has 0 saturated carbocycles. The lowest BCUT2D eigenvalue weighted by Crippen LogP contribution is -2.23. The van der Waals surface area contributed by atoms with Gasteiger partial charge in [0.2, 0.25) is 0 Å². The molecule has 1 fully saturated rings. The van der Waals surface area contributed by atoms with Crippen molar-refractivity contribution in [1.82, 2.24) is 14.5 Å². The standard InChI is InChI=1S/C15H17N3O4S/c1-8-6-10(14(20)21-2)11-12(16-8)18(15(23)17-13(11)19)7-9-4-3-5-22-9/h6,9H,3-5,7H2,1-2H3,(H,17,19,23)/t9-/m0/s1. The largest absolute Gasteiger partial charge is 0.465 e. The quantitative estimate of drug-likeness (QED) is 0.679. The van der Waals surface area contributed by atoms with Gasteiger partial charge in [-0.05, 0) is 38.0 Å². The number of carbonyl (C=O) groups is 1. The second-order valence-electron chi connectivity index (χ2n) is 5.51. The maximum Gasteiger partial charge on any atom is 0.338 e. The van der Waals surface area contributed by atoms with E-state index in [2.05, 4.69) is 9.97 Å². The van der Waals surface area contributed by atoms with Crippen LogP contribution in [0.1, 0.15) is 28.9 Å². The first-order valence-corrected chi connectivity index (χ1v) is 7.76. The average molecular weight is 335 g/mol. The molecule has 2 aromatic rings. The number of aromatic nitrogens is 3. The molecule has 0 aliphatic carbocycles. The van der Waals surface area contributed by atoms with Crippen molar-refractivity contribution in [3.05, 3.63) is 32.4 Å². The van der Waals surface area contributed by atoms with Gasteiger partial charge in [-0.2, -0.15) is 0 Å². The minimum atomic E-state index is -0.577. The minimum absolute atomic E-state index is 0.0275.